The Labute approximate surface area is 114 Å². The van der Waals surface area contributed by atoms with Crippen LogP contribution in [0.1, 0.15) is 30.9 Å². The van der Waals surface area contributed by atoms with Crippen molar-refractivity contribution in [3.8, 4) is 5.75 Å². The van der Waals surface area contributed by atoms with Crippen molar-refractivity contribution in [2.24, 2.45) is 11.8 Å². The predicted molar refractivity (Wildman–Crippen MR) is 74.3 cm³/mol. The van der Waals surface area contributed by atoms with Crippen molar-refractivity contribution < 1.29 is 14.3 Å². The number of esters is 1. The van der Waals surface area contributed by atoms with Crippen LogP contribution < -0.4 is 4.74 Å². The molecule has 1 fully saturated rings. The van der Waals surface area contributed by atoms with Crippen molar-refractivity contribution >= 4 is 5.97 Å². The molecule has 0 spiro atoms. The first-order valence-electron chi connectivity index (χ1n) is 6.95. The van der Waals surface area contributed by atoms with E-state index in [1.54, 1.807) is 0 Å². The lowest BCUT2D eigenvalue weighted by Gasteiger charge is -2.11. The third-order valence-electron chi connectivity index (χ3n) is 3.73. The number of methoxy groups -OCH3 is 1. The molecule has 3 nitrogen and oxygen atoms in total. The molecule has 0 amide bonds. The first-order chi connectivity index (χ1) is 9.15. The van der Waals surface area contributed by atoms with E-state index in [9.17, 15) is 4.79 Å². The van der Waals surface area contributed by atoms with E-state index in [1.165, 1.54) is 18.2 Å². The Morgan fingerprint density at radius 3 is 2.89 bits per heavy atom. The third-order valence-corrected chi connectivity index (χ3v) is 3.73. The van der Waals surface area contributed by atoms with Gasteiger partial charge in [0.25, 0.3) is 0 Å². The molecule has 1 aromatic rings. The summed E-state index contributed by atoms with van der Waals surface area (Å²) in [6.07, 6.45) is 2.97. The number of ether oxygens (including phenoxy) is 2. The molecule has 2 atom stereocenters. The number of aryl methyl sites for hydroxylation is 2. The second-order valence-corrected chi connectivity index (χ2v) is 5.21. The zero-order valence-electron chi connectivity index (χ0n) is 11.9. The topological polar surface area (TPSA) is 35.5 Å². The lowest BCUT2D eigenvalue weighted by molar-refractivity contribution is -0.142. The van der Waals surface area contributed by atoms with E-state index in [0.717, 1.165) is 25.0 Å². The summed E-state index contributed by atoms with van der Waals surface area (Å²) in [6.45, 7) is 4.77. The van der Waals surface area contributed by atoms with Gasteiger partial charge in [-0.3, -0.25) is 4.79 Å². The van der Waals surface area contributed by atoms with Crippen LogP contribution in [0.15, 0.2) is 18.2 Å². The van der Waals surface area contributed by atoms with Gasteiger partial charge < -0.3 is 9.47 Å². The van der Waals surface area contributed by atoms with Crippen LogP contribution in [0.2, 0.25) is 0 Å². The number of benzene rings is 1. The molecule has 1 aliphatic rings. The van der Waals surface area contributed by atoms with Crippen LogP contribution in [0.5, 0.6) is 5.75 Å². The van der Waals surface area contributed by atoms with E-state index in [4.69, 9.17) is 9.47 Å². The molecule has 19 heavy (non-hydrogen) atoms. The normalized spacial score (nSPS) is 21.0. The lowest BCUT2D eigenvalue weighted by Crippen LogP contribution is -2.05. The fourth-order valence-electron chi connectivity index (χ4n) is 2.55. The Kier molecular flexibility index (Phi) is 4.46. The van der Waals surface area contributed by atoms with E-state index < -0.39 is 0 Å². The average molecular weight is 262 g/mol. The number of hydrogen-bond donors (Lipinski definition) is 0. The van der Waals surface area contributed by atoms with Crippen LogP contribution >= 0.6 is 0 Å². The van der Waals surface area contributed by atoms with Gasteiger partial charge in [-0.05, 0) is 50.7 Å². The summed E-state index contributed by atoms with van der Waals surface area (Å²) in [7, 11) is 1.46. The molecular formula is C16H22O3. The van der Waals surface area contributed by atoms with Crippen LogP contribution in [0.3, 0.4) is 0 Å². The first kappa shape index (κ1) is 13.9. The van der Waals surface area contributed by atoms with Crippen LogP contribution in [0.25, 0.3) is 0 Å². The fraction of sp³-hybridized carbons (Fsp3) is 0.562. The maximum Gasteiger partial charge on any atom is 0.308 e. The minimum atomic E-state index is -0.0562. The van der Waals surface area contributed by atoms with Crippen LogP contribution in [0.4, 0.5) is 0 Å². The molecule has 1 aromatic carbocycles. The van der Waals surface area contributed by atoms with Gasteiger partial charge in [0.1, 0.15) is 5.75 Å². The minimum Gasteiger partial charge on any atom is -0.494 e. The largest absolute Gasteiger partial charge is 0.494 e. The van der Waals surface area contributed by atoms with Gasteiger partial charge in [0.05, 0.1) is 19.6 Å². The summed E-state index contributed by atoms with van der Waals surface area (Å²) >= 11 is 0. The maximum absolute atomic E-state index is 11.4. The zero-order chi connectivity index (χ0) is 13.8. The molecule has 0 saturated heterocycles. The Balaban J connectivity index is 1.92. The number of hydrogen-bond acceptors (Lipinski definition) is 3. The van der Waals surface area contributed by atoms with E-state index in [0.29, 0.717) is 12.5 Å². The minimum absolute atomic E-state index is 0.0562. The van der Waals surface area contributed by atoms with E-state index in [-0.39, 0.29) is 11.9 Å². The molecule has 0 N–H and O–H groups in total. The highest BCUT2D eigenvalue weighted by Gasteiger charge is 2.43. The highest BCUT2D eigenvalue weighted by Crippen LogP contribution is 2.43. The van der Waals surface area contributed by atoms with Crippen molar-refractivity contribution in [1.29, 1.82) is 0 Å². The van der Waals surface area contributed by atoms with Gasteiger partial charge in [0, 0.05) is 0 Å². The van der Waals surface area contributed by atoms with Crippen molar-refractivity contribution in [2.45, 2.75) is 33.1 Å². The summed E-state index contributed by atoms with van der Waals surface area (Å²) in [6, 6.07) is 6.29. The molecule has 3 heteroatoms. The summed E-state index contributed by atoms with van der Waals surface area (Å²) in [4.78, 5) is 11.4. The van der Waals surface area contributed by atoms with E-state index >= 15 is 0 Å². The SMILES string of the molecule is CCOc1ccc(C)cc1CCC1CC1C(=O)OC. The Bertz CT molecular complexity index is 453. The van der Waals surface area contributed by atoms with Crippen molar-refractivity contribution in [2.75, 3.05) is 13.7 Å². The number of rotatable bonds is 6. The summed E-state index contributed by atoms with van der Waals surface area (Å²) in [5.74, 6) is 1.54. The Morgan fingerprint density at radius 1 is 1.42 bits per heavy atom. The number of carbonyl (C=O) groups excluding carboxylic acids is 1. The maximum atomic E-state index is 11.4. The molecule has 0 radical (unpaired) electrons. The van der Waals surface area contributed by atoms with Crippen LogP contribution in [-0.2, 0) is 16.0 Å². The number of carbonyl (C=O) groups is 1. The molecule has 0 bridgehead atoms. The predicted octanol–water partition coefficient (Wildman–Crippen LogP) is 3.14. The molecular weight excluding hydrogens is 240 g/mol. The van der Waals surface area contributed by atoms with Crippen LogP contribution in [0, 0.1) is 18.8 Å². The fourth-order valence-corrected chi connectivity index (χ4v) is 2.55. The second-order valence-electron chi connectivity index (χ2n) is 5.21. The Morgan fingerprint density at radius 2 is 2.21 bits per heavy atom. The average Bonchev–Trinajstić information content (AvgIpc) is 3.18. The molecule has 2 rings (SSSR count). The summed E-state index contributed by atoms with van der Waals surface area (Å²) < 4.78 is 10.4. The van der Waals surface area contributed by atoms with Gasteiger partial charge in [0.15, 0.2) is 0 Å². The quantitative estimate of drug-likeness (QED) is 0.739. The molecule has 0 aliphatic heterocycles. The van der Waals surface area contributed by atoms with Gasteiger partial charge in [-0.2, -0.15) is 0 Å². The third kappa shape index (κ3) is 3.49. The summed E-state index contributed by atoms with van der Waals surface area (Å²) in [5, 5.41) is 0. The highest BCUT2D eigenvalue weighted by molar-refractivity contribution is 5.75. The molecule has 0 aromatic heterocycles. The standard InChI is InChI=1S/C16H22O3/c1-4-19-15-8-5-11(2)9-13(15)7-6-12-10-14(12)16(17)18-3/h5,8-9,12,14H,4,6-7,10H2,1-3H3. The first-order valence-corrected chi connectivity index (χ1v) is 6.95. The molecule has 2 unspecified atom stereocenters. The monoisotopic (exact) mass is 262 g/mol. The van der Waals surface area contributed by atoms with Gasteiger partial charge >= 0.3 is 5.97 Å². The van der Waals surface area contributed by atoms with Gasteiger partial charge in [-0.1, -0.05) is 17.7 Å². The second kappa shape index (κ2) is 6.09. The molecule has 1 aliphatic carbocycles. The van der Waals surface area contributed by atoms with E-state index in [1.807, 2.05) is 13.0 Å². The van der Waals surface area contributed by atoms with E-state index in [2.05, 4.69) is 19.1 Å². The Hall–Kier alpha value is -1.51. The van der Waals surface area contributed by atoms with Crippen LogP contribution in [-0.4, -0.2) is 19.7 Å². The molecule has 0 heterocycles. The van der Waals surface area contributed by atoms with Crippen molar-refractivity contribution in [3.05, 3.63) is 29.3 Å². The summed E-state index contributed by atoms with van der Waals surface area (Å²) in [5.41, 5.74) is 2.50. The zero-order valence-corrected chi connectivity index (χ0v) is 11.9. The molecule has 104 valence electrons. The van der Waals surface area contributed by atoms with Crippen molar-refractivity contribution in [1.82, 2.24) is 0 Å². The van der Waals surface area contributed by atoms with Gasteiger partial charge in [-0.25, -0.2) is 0 Å². The molecule has 1 saturated carbocycles. The highest BCUT2D eigenvalue weighted by atomic mass is 16.5. The van der Waals surface area contributed by atoms with Gasteiger partial charge in [0.2, 0.25) is 0 Å². The van der Waals surface area contributed by atoms with Crippen molar-refractivity contribution in [3.63, 3.8) is 0 Å². The lowest BCUT2D eigenvalue weighted by atomic mass is 10.0. The van der Waals surface area contributed by atoms with Gasteiger partial charge in [-0.15, -0.1) is 0 Å². The smallest absolute Gasteiger partial charge is 0.308 e.